The molecule has 1 heterocycles. The Morgan fingerprint density at radius 2 is 1.54 bits per heavy atom. The van der Waals surface area contributed by atoms with Crippen molar-refractivity contribution in [2.45, 2.75) is 89.7 Å². The van der Waals surface area contributed by atoms with E-state index in [1.54, 1.807) is 0 Å². The molecule has 1 aliphatic rings. The van der Waals surface area contributed by atoms with Crippen LogP contribution in [0.25, 0.3) is 11.1 Å². The van der Waals surface area contributed by atoms with Crippen molar-refractivity contribution in [2.75, 3.05) is 20.1 Å². The molecule has 52 heavy (non-hydrogen) atoms. The molecule has 0 saturated carbocycles. The molecule has 5 atom stereocenters. The minimum Gasteiger partial charge on any atom is -0.392 e. The molecule has 0 bridgehead atoms. The molecule has 4 N–H and O–H groups in total. The number of rotatable bonds is 17. The number of nitrogens with one attached hydrogen (secondary N) is 2. The first-order valence-electron chi connectivity index (χ1n) is 18.3. The predicted octanol–water partition coefficient (Wildman–Crippen LogP) is 6.76. The SMILES string of the molecule is CC(=O)NCCCCCC(=O)NCc1ccccc1-c1ccc([C@@H]2O[C@H](CN(C)[C@H](C)[C@@H](O)c3ccccc3)C[C@H](c3ccc(CO)cc3)O2)cc1. The first kappa shape index (κ1) is 38.8. The highest BCUT2D eigenvalue weighted by molar-refractivity contribution is 5.76. The molecule has 0 unspecified atom stereocenters. The first-order valence-corrected chi connectivity index (χ1v) is 18.3. The van der Waals surface area contributed by atoms with Crippen LogP contribution < -0.4 is 10.6 Å². The number of benzene rings is 4. The zero-order valence-electron chi connectivity index (χ0n) is 30.5. The highest BCUT2D eigenvalue weighted by Crippen LogP contribution is 2.39. The number of carbonyl (C=O) groups is 2. The lowest BCUT2D eigenvalue weighted by molar-refractivity contribution is -0.253. The third-order valence-electron chi connectivity index (χ3n) is 9.84. The molecule has 1 aliphatic heterocycles. The summed E-state index contributed by atoms with van der Waals surface area (Å²) < 4.78 is 13.2. The third kappa shape index (κ3) is 11.1. The van der Waals surface area contributed by atoms with Gasteiger partial charge >= 0.3 is 0 Å². The van der Waals surface area contributed by atoms with E-state index in [1.807, 2.05) is 98.9 Å². The van der Waals surface area contributed by atoms with Crippen molar-refractivity contribution in [2.24, 2.45) is 0 Å². The minimum atomic E-state index is -0.639. The van der Waals surface area contributed by atoms with Crippen molar-refractivity contribution < 1.29 is 29.3 Å². The summed E-state index contributed by atoms with van der Waals surface area (Å²) in [5, 5.41) is 26.6. The first-order chi connectivity index (χ1) is 25.2. The van der Waals surface area contributed by atoms with E-state index in [2.05, 4.69) is 33.7 Å². The fourth-order valence-electron chi connectivity index (χ4n) is 6.60. The average Bonchev–Trinajstić information content (AvgIpc) is 3.18. The monoisotopic (exact) mass is 707 g/mol. The molecule has 5 rings (SSSR count). The Morgan fingerprint density at radius 3 is 2.25 bits per heavy atom. The number of aliphatic hydroxyl groups excluding tert-OH is 2. The molecule has 9 heteroatoms. The highest BCUT2D eigenvalue weighted by atomic mass is 16.7. The second-order valence-electron chi connectivity index (χ2n) is 13.7. The van der Waals surface area contributed by atoms with Gasteiger partial charge in [0.2, 0.25) is 11.8 Å². The second kappa shape index (κ2) is 19.5. The quantitative estimate of drug-likeness (QED) is 0.0896. The molecule has 276 valence electrons. The van der Waals surface area contributed by atoms with Crippen LogP contribution in [0.4, 0.5) is 0 Å². The van der Waals surface area contributed by atoms with Gasteiger partial charge in [-0.15, -0.1) is 0 Å². The molecular weight excluding hydrogens is 654 g/mol. The van der Waals surface area contributed by atoms with Crippen LogP contribution in [0.2, 0.25) is 0 Å². The van der Waals surface area contributed by atoms with E-state index in [-0.39, 0.29) is 36.7 Å². The van der Waals surface area contributed by atoms with Crippen LogP contribution in [0.3, 0.4) is 0 Å². The fraction of sp³-hybridized carbons (Fsp3) is 0.395. The van der Waals surface area contributed by atoms with Crippen molar-refractivity contribution in [3.05, 3.63) is 131 Å². The smallest absolute Gasteiger partial charge is 0.220 e. The normalized spacial score (nSPS) is 18.5. The third-order valence-corrected chi connectivity index (χ3v) is 9.84. The van der Waals surface area contributed by atoms with Crippen molar-refractivity contribution >= 4 is 11.8 Å². The topological polar surface area (TPSA) is 120 Å². The van der Waals surface area contributed by atoms with Gasteiger partial charge in [0, 0.05) is 51.0 Å². The summed E-state index contributed by atoms with van der Waals surface area (Å²) in [5.74, 6) is -0.0165. The van der Waals surface area contributed by atoms with Crippen LogP contribution in [0.1, 0.15) is 92.3 Å². The van der Waals surface area contributed by atoms with Crippen molar-refractivity contribution in [1.29, 1.82) is 0 Å². The van der Waals surface area contributed by atoms with E-state index in [0.717, 1.165) is 58.2 Å². The Balaban J connectivity index is 1.25. The van der Waals surface area contributed by atoms with E-state index in [9.17, 15) is 19.8 Å². The zero-order chi connectivity index (χ0) is 36.9. The van der Waals surface area contributed by atoms with Gasteiger partial charge in [-0.2, -0.15) is 0 Å². The fourth-order valence-corrected chi connectivity index (χ4v) is 6.60. The number of likely N-dealkylation sites (N-methyl/N-ethyl adjacent to an activating group) is 1. The summed E-state index contributed by atoms with van der Waals surface area (Å²) in [7, 11) is 2.01. The Morgan fingerprint density at radius 1 is 0.846 bits per heavy atom. The van der Waals surface area contributed by atoms with Crippen LogP contribution in [0, 0.1) is 0 Å². The Bertz CT molecular complexity index is 1700. The van der Waals surface area contributed by atoms with Crippen LogP contribution in [0.5, 0.6) is 0 Å². The summed E-state index contributed by atoms with van der Waals surface area (Å²) in [4.78, 5) is 25.7. The van der Waals surface area contributed by atoms with Crippen molar-refractivity contribution in [3.8, 4) is 11.1 Å². The molecule has 0 radical (unpaired) electrons. The van der Waals surface area contributed by atoms with E-state index in [0.29, 0.717) is 32.5 Å². The van der Waals surface area contributed by atoms with Crippen molar-refractivity contribution in [1.82, 2.24) is 15.5 Å². The lowest BCUT2D eigenvalue weighted by Crippen LogP contribution is -2.43. The molecule has 0 aromatic heterocycles. The van der Waals surface area contributed by atoms with Crippen molar-refractivity contribution in [3.63, 3.8) is 0 Å². The Labute approximate surface area is 308 Å². The zero-order valence-corrected chi connectivity index (χ0v) is 30.5. The summed E-state index contributed by atoms with van der Waals surface area (Å²) in [6.45, 7) is 5.19. The predicted molar refractivity (Wildman–Crippen MR) is 203 cm³/mol. The van der Waals surface area contributed by atoms with Gasteiger partial charge in [0.15, 0.2) is 6.29 Å². The summed E-state index contributed by atoms with van der Waals surface area (Å²) >= 11 is 0. The number of carbonyl (C=O) groups excluding carboxylic acids is 2. The maximum Gasteiger partial charge on any atom is 0.220 e. The summed E-state index contributed by atoms with van der Waals surface area (Å²) in [6, 6.07) is 33.7. The molecule has 0 aliphatic carbocycles. The minimum absolute atomic E-state index is 0.0148. The highest BCUT2D eigenvalue weighted by Gasteiger charge is 2.34. The molecule has 4 aromatic carbocycles. The Kier molecular flexibility index (Phi) is 14.5. The molecular formula is C43H53N3O6. The van der Waals surface area contributed by atoms with E-state index >= 15 is 0 Å². The maximum absolute atomic E-state index is 12.6. The molecule has 9 nitrogen and oxygen atoms in total. The van der Waals surface area contributed by atoms with Gasteiger partial charge in [-0.3, -0.25) is 14.5 Å². The lowest BCUT2D eigenvalue weighted by atomic mass is 9.97. The van der Waals surface area contributed by atoms with Gasteiger partial charge in [-0.1, -0.05) is 110 Å². The van der Waals surface area contributed by atoms with E-state index in [4.69, 9.17) is 9.47 Å². The molecule has 4 aromatic rings. The largest absolute Gasteiger partial charge is 0.392 e. The number of ether oxygens (including phenoxy) is 2. The number of unbranched alkanes of at least 4 members (excludes halogenated alkanes) is 2. The van der Waals surface area contributed by atoms with Gasteiger partial charge in [-0.25, -0.2) is 0 Å². The number of hydrogen-bond donors (Lipinski definition) is 4. The summed E-state index contributed by atoms with van der Waals surface area (Å²) in [6.07, 6.45) is 1.98. The molecule has 0 spiro atoms. The number of nitrogens with zero attached hydrogens (tertiary/aromatic N) is 1. The molecule has 2 amide bonds. The van der Waals surface area contributed by atoms with Crippen LogP contribution in [-0.4, -0.2) is 59.2 Å². The van der Waals surface area contributed by atoms with Crippen LogP contribution in [-0.2, 0) is 32.2 Å². The van der Waals surface area contributed by atoms with Gasteiger partial charge in [-0.05, 0) is 60.2 Å². The second-order valence-corrected chi connectivity index (χ2v) is 13.7. The maximum atomic E-state index is 12.6. The molecule has 1 saturated heterocycles. The van der Waals surface area contributed by atoms with Gasteiger partial charge in [0.05, 0.1) is 24.9 Å². The van der Waals surface area contributed by atoms with Gasteiger partial charge < -0.3 is 30.3 Å². The average molecular weight is 708 g/mol. The number of hydrogen-bond acceptors (Lipinski definition) is 7. The van der Waals surface area contributed by atoms with Crippen LogP contribution >= 0.6 is 0 Å². The standard InChI is InChI=1S/C43H53N3O6/c1-30(42(50)35-12-6-4-7-13-35)46(3)28-38-26-40(34-19-17-32(29-47)18-20-34)52-43(51-38)36-23-21-33(22-24-36)39-15-10-9-14-37(39)27-45-41(49)16-8-5-11-25-44-31(2)48/h4,6-7,9-10,12-15,17-24,30,38,40,42-43,47,50H,5,8,11,16,25-29H2,1-3H3,(H,44,48)(H,45,49)/t30-,38+,40-,42-,43-/m1/s1. The number of aliphatic hydroxyl groups is 2. The van der Waals surface area contributed by atoms with E-state index < -0.39 is 12.4 Å². The lowest BCUT2D eigenvalue weighted by Gasteiger charge is -2.39. The Hall–Kier alpha value is -4.38. The number of amides is 2. The van der Waals surface area contributed by atoms with Gasteiger partial charge in [0.25, 0.3) is 0 Å². The van der Waals surface area contributed by atoms with E-state index in [1.165, 1.54) is 6.92 Å². The van der Waals surface area contributed by atoms with Gasteiger partial charge in [0.1, 0.15) is 0 Å². The van der Waals surface area contributed by atoms with Crippen LogP contribution in [0.15, 0.2) is 103 Å². The summed E-state index contributed by atoms with van der Waals surface area (Å²) in [5.41, 5.74) is 6.74. The molecule has 1 fully saturated rings.